The largest absolute Gasteiger partial charge is 0.418 e. The van der Waals surface area contributed by atoms with Gasteiger partial charge in [-0.15, -0.1) is 0 Å². The van der Waals surface area contributed by atoms with E-state index in [-0.39, 0.29) is 5.56 Å². The highest BCUT2D eigenvalue weighted by Crippen LogP contribution is 2.41. The number of aryl methyl sites for hydroxylation is 1. The number of alkyl halides is 3. The summed E-state index contributed by atoms with van der Waals surface area (Å²) in [5.41, 5.74) is -1.65. The van der Waals surface area contributed by atoms with Crippen LogP contribution >= 0.6 is 15.9 Å². The Morgan fingerprint density at radius 3 is 2.33 bits per heavy atom. The van der Waals surface area contributed by atoms with Gasteiger partial charge in [0.2, 0.25) is 0 Å². The van der Waals surface area contributed by atoms with E-state index in [0.29, 0.717) is 0 Å². The van der Waals surface area contributed by atoms with Gasteiger partial charge in [-0.1, -0.05) is 6.07 Å². The van der Waals surface area contributed by atoms with E-state index in [9.17, 15) is 23.3 Å². The van der Waals surface area contributed by atoms with Crippen LogP contribution in [-0.4, -0.2) is 4.92 Å². The maximum Gasteiger partial charge on any atom is 0.418 e. The number of nitro benzene ring substituents is 1. The molecule has 0 heterocycles. The van der Waals surface area contributed by atoms with Gasteiger partial charge in [-0.25, -0.2) is 0 Å². The Morgan fingerprint density at radius 2 is 1.93 bits per heavy atom. The van der Waals surface area contributed by atoms with Crippen LogP contribution in [0.2, 0.25) is 0 Å². The first-order valence-corrected chi connectivity index (χ1v) is 4.55. The number of nitro groups is 1. The molecule has 0 bridgehead atoms. The van der Waals surface area contributed by atoms with E-state index in [1.54, 1.807) is 0 Å². The molecular formula is C8H5BrF3NO2. The maximum atomic E-state index is 12.5. The van der Waals surface area contributed by atoms with E-state index in [1.807, 2.05) is 0 Å². The van der Waals surface area contributed by atoms with Crippen LogP contribution in [0.5, 0.6) is 0 Å². The highest BCUT2D eigenvalue weighted by atomic mass is 79.9. The summed E-state index contributed by atoms with van der Waals surface area (Å²) in [5, 5.41) is 10.4. The van der Waals surface area contributed by atoms with Crippen LogP contribution < -0.4 is 0 Å². The van der Waals surface area contributed by atoms with Crippen molar-refractivity contribution in [2.45, 2.75) is 13.1 Å². The summed E-state index contributed by atoms with van der Waals surface area (Å²) in [4.78, 5) is 9.56. The zero-order valence-electron chi connectivity index (χ0n) is 7.43. The molecule has 1 aromatic carbocycles. The molecule has 0 aromatic heterocycles. The molecule has 3 nitrogen and oxygen atoms in total. The summed E-state index contributed by atoms with van der Waals surface area (Å²) in [5.74, 6) is 0. The minimum absolute atomic E-state index is 0.0556. The third kappa shape index (κ3) is 2.28. The van der Waals surface area contributed by atoms with Crippen LogP contribution in [-0.2, 0) is 6.18 Å². The Labute approximate surface area is 91.2 Å². The van der Waals surface area contributed by atoms with Crippen LogP contribution in [0.25, 0.3) is 0 Å². The highest BCUT2D eigenvalue weighted by Gasteiger charge is 2.37. The van der Waals surface area contributed by atoms with Gasteiger partial charge in [-0.2, -0.15) is 13.2 Å². The molecule has 0 saturated carbocycles. The van der Waals surface area contributed by atoms with Crippen molar-refractivity contribution in [1.29, 1.82) is 0 Å². The molecule has 0 fully saturated rings. The normalized spacial score (nSPS) is 11.5. The average molecular weight is 284 g/mol. The van der Waals surface area contributed by atoms with Gasteiger partial charge in [0.1, 0.15) is 4.47 Å². The Bertz CT molecular complexity index is 417. The van der Waals surface area contributed by atoms with Crippen molar-refractivity contribution >= 4 is 21.6 Å². The number of hydrogen-bond acceptors (Lipinski definition) is 2. The highest BCUT2D eigenvalue weighted by molar-refractivity contribution is 9.10. The van der Waals surface area contributed by atoms with Crippen molar-refractivity contribution in [3.05, 3.63) is 37.8 Å². The predicted octanol–water partition coefficient (Wildman–Crippen LogP) is 3.68. The van der Waals surface area contributed by atoms with Crippen LogP contribution in [0.3, 0.4) is 0 Å². The summed E-state index contributed by atoms with van der Waals surface area (Å²) < 4.78 is 37.0. The fourth-order valence-electron chi connectivity index (χ4n) is 1.15. The van der Waals surface area contributed by atoms with Gasteiger partial charge >= 0.3 is 6.18 Å². The second-order valence-electron chi connectivity index (χ2n) is 2.85. The second kappa shape index (κ2) is 3.80. The molecule has 0 atom stereocenters. The summed E-state index contributed by atoms with van der Waals surface area (Å²) >= 11 is 2.61. The van der Waals surface area contributed by atoms with E-state index in [0.717, 1.165) is 12.1 Å². The number of rotatable bonds is 1. The average Bonchev–Trinajstić information content (AvgIpc) is 2.00. The quantitative estimate of drug-likeness (QED) is 0.583. The lowest BCUT2D eigenvalue weighted by Gasteiger charge is -2.11. The van der Waals surface area contributed by atoms with Crippen LogP contribution in [0, 0.1) is 17.0 Å². The van der Waals surface area contributed by atoms with Crippen molar-refractivity contribution in [3.63, 3.8) is 0 Å². The Kier molecular flexibility index (Phi) is 3.03. The summed E-state index contributed by atoms with van der Waals surface area (Å²) in [6.45, 7) is 1.25. The smallest absolute Gasteiger partial charge is 0.258 e. The van der Waals surface area contributed by atoms with Crippen molar-refractivity contribution in [2.75, 3.05) is 0 Å². The summed E-state index contributed by atoms with van der Waals surface area (Å²) in [6.07, 6.45) is -4.60. The molecule has 0 unspecified atom stereocenters. The van der Waals surface area contributed by atoms with Crippen molar-refractivity contribution < 1.29 is 18.1 Å². The summed E-state index contributed by atoms with van der Waals surface area (Å²) in [7, 11) is 0. The van der Waals surface area contributed by atoms with E-state index in [1.165, 1.54) is 6.92 Å². The number of halogens is 4. The molecular weight excluding hydrogens is 279 g/mol. The molecule has 0 N–H and O–H groups in total. The standard InChI is InChI=1S/C8H5BrF3NO2/c1-4-2-3-5(13(14)15)7(9)6(4)8(10,11)12/h2-3H,1H3. The molecule has 0 aliphatic rings. The van der Waals surface area contributed by atoms with E-state index in [4.69, 9.17) is 0 Å². The SMILES string of the molecule is Cc1ccc([N+](=O)[O-])c(Br)c1C(F)(F)F. The molecule has 0 amide bonds. The van der Waals surface area contributed by atoms with E-state index >= 15 is 0 Å². The number of nitrogens with zero attached hydrogens (tertiary/aromatic N) is 1. The van der Waals surface area contributed by atoms with Gasteiger partial charge in [0, 0.05) is 6.07 Å². The van der Waals surface area contributed by atoms with Gasteiger partial charge in [-0.05, 0) is 28.4 Å². The minimum Gasteiger partial charge on any atom is -0.258 e. The van der Waals surface area contributed by atoms with Gasteiger partial charge in [-0.3, -0.25) is 10.1 Å². The first-order chi connectivity index (χ1) is 6.75. The van der Waals surface area contributed by atoms with Gasteiger partial charge in [0.05, 0.1) is 10.5 Å². The predicted molar refractivity (Wildman–Crippen MR) is 50.5 cm³/mol. The molecule has 0 radical (unpaired) electrons. The third-order valence-electron chi connectivity index (χ3n) is 1.81. The fourth-order valence-corrected chi connectivity index (χ4v) is 1.97. The molecule has 0 spiro atoms. The third-order valence-corrected chi connectivity index (χ3v) is 2.61. The van der Waals surface area contributed by atoms with E-state index in [2.05, 4.69) is 15.9 Å². The molecule has 0 saturated heterocycles. The van der Waals surface area contributed by atoms with Crippen molar-refractivity contribution in [1.82, 2.24) is 0 Å². The molecule has 15 heavy (non-hydrogen) atoms. The molecule has 7 heteroatoms. The molecule has 0 aliphatic heterocycles. The Balaban J connectivity index is 3.51. The minimum atomic E-state index is -4.60. The van der Waals surface area contributed by atoms with Gasteiger partial charge in [0.25, 0.3) is 5.69 Å². The topological polar surface area (TPSA) is 43.1 Å². The van der Waals surface area contributed by atoms with Gasteiger partial charge < -0.3 is 0 Å². The lowest BCUT2D eigenvalue weighted by atomic mass is 10.1. The molecule has 0 aliphatic carbocycles. The Hall–Kier alpha value is -1.11. The molecule has 82 valence electrons. The van der Waals surface area contributed by atoms with Crippen LogP contribution in [0.4, 0.5) is 18.9 Å². The van der Waals surface area contributed by atoms with E-state index < -0.39 is 26.8 Å². The summed E-state index contributed by atoms with van der Waals surface area (Å²) in [6, 6.07) is 2.11. The lowest BCUT2D eigenvalue weighted by molar-refractivity contribution is -0.386. The zero-order valence-corrected chi connectivity index (χ0v) is 9.02. The van der Waals surface area contributed by atoms with Crippen LogP contribution in [0.15, 0.2) is 16.6 Å². The zero-order chi connectivity index (χ0) is 11.8. The monoisotopic (exact) mass is 283 g/mol. The lowest BCUT2D eigenvalue weighted by Crippen LogP contribution is -2.09. The van der Waals surface area contributed by atoms with Crippen molar-refractivity contribution in [2.24, 2.45) is 0 Å². The van der Waals surface area contributed by atoms with Crippen LogP contribution in [0.1, 0.15) is 11.1 Å². The van der Waals surface area contributed by atoms with Crippen molar-refractivity contribution in [3.8, 4) is 0 Å². The second-order valence-corrected chi connectivity index (χ2v) is 3.64. The fraction of sp³-hybridized carbons (Fsp3) is 0.250. The number of hydrogen-bond donors (Lipinski definition) is 0. The molecule has 1 aromatic rings. The number of benzene rings is 1. The Morgan fingerprint density at radius 1 is 1.40 bits per heavy atom. The first kappa shape index (κ1) is 12.0. The van der Waals surface area contributed by atoms with Gasteiger partial charge in [0.15, 0.2) is 0 Å². The maximum absolute atomic E-state index is 12.5. The first-order valence-electron chi connectivity index (χ1n) is 3.76. The molecule has 1 rings (SSSR count).